The third-order valence-corrected chi connectivity index (χ3v) is 4.06. The van der Waals surface area contributed by atoms with Crippen LogP contribution in [0.3, 0.4) is 0 Å². The Morgan fingerprint density at radius 3 is 2.78 bits per heavy atom. The molecule has 2 N–H and O–H groups in total. The maximum absolute atomic E-state index is 12.1. The molecule has 1 atom stereocenters. The summed E-state index contributed by atoms with van der Waals surface area (Å²) in [5.41, 5.74) is 1.02. The summed E-state index contributed by atoms with van der Waals surface area (Å²) in [5, 5.41) is 6.28. The highest BCUT2D eigenvalue weighted by atomic mass is 79.9. The van der Waals surface area contributed by atoms with E-state index in [0.717, 1.165) is 30.4 Å². The molecule has 1 aliphatic rings. The van der Waals surface area contributed by atoms with Gasteiger partial charge in [0.25, 0.3) is 0 Å². The molecule has 0 aromatic heterocycles. The van der Waals surface area contributed by atoms with E-state index in [1.807, 2.05) is 19.1 Å². The summed E-state index contributed by atoms with van der Waals surface area (Å²) in [6, 6.07) is 8.21. The van der Waals surface area contributed by atoms with Crippen LogP contribution < -0.4 is 10.6 Å². The van der Waals surface area contributed by atoms with E-state index in [-0.39, 0.29) is 11.3 Å². The Morgan fingerprint density at radius 2 is 2.17 bits per heavy atom. The molecule has 1 amide bonds. The summed E-state index contributed by atoms with van der Waals surface area (Å²) in [6.07, 6.45) is 1.81. The Bertz CT molecular complexity index is 410. The van der Waals surface area contributed by atoms with Crippen LogP contribution in [0.2, 0.25) is 0 Å². The lowest BCUT2D eigenvalue weighted by molar-refractivity contribution is -0.129. The van der Waals surface area contributed by atoms with Crippen LogP contribution in [0.4, 0.5) is 0 Å². The van der Waals surface area contributed by atoms with Crippen LogP contribution in [0.15, 0.2) is 28.7 Å². The van der Waals surface area contributed by atoms with Gasteiger partial charge >= 0.3 is 0 Å². The fourth-order valence-electron chi connectivity index (χ4n) is 2.20. The first-order chi connectivity index (χ1) is 8.60. The number of amides is 1. The van der Waals surface area contributed by atoms with E-state index in [4.69, 9.17) is 0 Å². The number of hydrogen-bond acceptors (Lipinski definition) is 2. The van der Waals surface area contributed by atoms with Gasteiger partial charge in [-0.15, -0.1) is 0 Å². The normalized spacial score (nSPS) is 23.0. The molecular weight excluding hydrogens is 292 g/mol. The molecule has 2 rings (SSSR count). The number of carbonyl (C=O) groups is 1. The Kier molecular flexibility index (Phi) is 4.40. The summed E-state index contributed by atoms with van der Waals surface area (Å²) in [7, 11) is 0. The number of hydrogen-bond donors (Lipinski definition) is 2. The highest BCUT2D eigenvalue weighted by Gasteiger charge is 2.35. The molecule has 0 radical (unpaired) electrons. The average molecular weight is 311 g/mol. The standard InChI is InChI=1S/C14H19BrN2O/c1-14(7-9-16-10-14)13(18)17-8-6-11-2-4-12(15)5-3-11/h2-5,16H,6-10H2,1H3,(H,17,18). The van der Waals surface area contributed by atoms with Crippen molar-refractivity contribution in [1.29, 1.82) is 0 Å². The van der Waals surface area contributed by atoms with Gasteiger partial charge < -0.3 is 10.6 Å². The van der Waals surface area contributed by atoms with Crippen molar-refractivity contribution in [3.8, 4) is 0 Å². The van der Waals surface area contributed by atoms with Crippen molar-refractivity contribution >= 4 is 21.8 Å². The van der Waals surface area contributed by atoms with Crippen molar-refractivity contribution in [2.24, 2.45) is 5.41 Å². The third kappa shape index (κ3) is 3.33. The van der Waals surface area contributed by atoms with Gasteiger partial charge in [0.15, 0.2) is 0 Å². The predicted octanol–water partition coefficient (Wildman–Crippen LogP) is 2.11. The summed E-state index contributed by atoms with van der Waals surface area (Å²) in [4.78, 5) is 12.1. The fraction of sp³-hybridized carbons (Fsp3) is 0.500. The molecule has 4 heteroatoms. The van der Waals surface area contributed by atoms with Crippen LogP contribution in [-0.2, 0) is 11.2 Å². The summed E-state index contributed by atoms with van der Waals surface area (Å²) >= 11 is 3.41. The molecule has 1 unspecified atom stereocenters. The highest BCUT2D eigenvalue weighted by molar-refractivity contribution is 9.10. The van der Waals surface area contributed by atoms with E-state index in [9.17, 15) is 4.79 Å². The first-order valence-electron chi connectivity index (χ1n) is 6.34. The molecule has 1 aromatic carbocycles. The van der Waals surface area contributed by atoms with Gasteiger partial charge in [-0.25, -0.2) is 0 Å². The maximum Gasteiger partial charge on any atom is 0.227 e. The molecule has 18 heavy (non-hydrogen) atoms. The van der Waals surface area contributed by atoms with Crippen LogP contribution in [0.1, 0.15) is 18.9 Å². The van der Waals surface area contributed by atoms with Crippen molar-refractivity contribution in [3.63, 3.8) is 0 Å². The first kappa shape index (κ1) is 13.6. The van der Waals surface area contributed by atoms with Gasteiger partial charge in [-0.2, -0.15) is 0 Å². The molecule has 1 aromatic rings. The van der Waals surface area contributed by atoms with Gasteiger partial charge in [-0.05, 0) is 44.0 Å². The van der Waals surface area contributed by atoms with Gasteiger partial charge in [-0.3, -0.25) is 4.79 Å². The van der Waals surface area contributed by atoms with E-state index in [1.165, 1.54) is 5.56 Å². The van der Waals surface area contributed by atoms with Crippen molar-refractivity contribution in [1.82, 2.24) is 10.6 Å². The SMILES string of the molecule is CC1(C(=O)NCCc2ccc(Br)cc2)CCNC1. The van der Waals surface area contributed by atoms with Crippen LogP contribution in [0.5, 0.6) is 0 Å². The molecule has 0 aliphatic carbocycles. The van der Waals surface area contributed by atoms with Crippen LogP contribution in [0.25, 0.3) is 0 Å². The number of nitrogens with one attached hydrogen (secondary N) is 2. The average Bonchev–Trinajstić information content (AvgIpc) is 2.80. The second-order valence-corrected chi connectivity index (χ2v) is 6.04. The quantitative estimate of drug-likeness (QED) is 0.894. The largest absolute Gasteiger partial charge is 0.355 e. The van der Waals surface area contributed by atoms with Crippen LogP contribution in [-0.4, -0.2) is 25.5 Å². The number of rotatable bonds is 4. The maximum atomic E-state index is 12.1. The van der Waals surface area contributed by atoms with Gasteiger partial charge in [-0.1, -0.05) is 28.1 Å². The monoisotopic (exact) mass is 310 g/mol. The Labute approximate surface area is 116 Å². The van der Waals surface area contributed by atoms with Crippen molar-refractivity contribution in [2.45, 2.75) is 19.8 Å². The fourth-order valence-corrected chi connectivity index (χ4v) is 2.46. The zero-order valence-corrected chi connectivity index (χ0v) is 12.2. The molecule has 1 heterocycles. The van der Waals surface area contributed by atoms with Gasteiger partial charge in [0.2, 0.25) is 5.91 Å². The zero-order valence-electron chi connectivity index (χ0n) is 10.6. The third-order valence-electron chi connectivity index (χ3n) is 3.53. The minimum Gasteiger partial charge on any atom is -0.355 e. The number of carbonyl (C=O) groups excluding carboxylic acids is 1. The lowest BCUT2D eigenvalue weighted by atomic mass is 9.89. The number of halogens is 1. The second-order valence-electron chi connectivity index (χ2n) is 5.12. The minimum atomic E-state index is -0.223. The molecule has 0 bridgehead atoms. The van der Waals surface area contributed by atoms with E-state index in [1.54, 1.807) is 0 Å². The zero-order chi connectivity index (χ0) is 13.0. The molecule has 1 aliphatic heterocycles. The van der Waals surface area contributed by atoms with Gasteiger partial charge in [0.05, 0.1) is 5.41 Å². The Morgan fingerprint density at radius 1 is 1.44 bits per heavy atom. The molecular formula is C14H19BrN2O. The molecule has 0 saturated carbocycles. The first-order valence-corrected chi connectivity index (χ1v) is 7.13. The summed E-state index contributed by atoms with van der Waals surface area (Å²) in [6.45, 7) is 4.46. The van der Waals surface area contributed by atoms with E-state index in [2.05, 4.69) is 38.7 Å². The van der Waals surface area contributed by atoms with Crippen molar-refractivity contribution in [3.05, 3.63) is 34.3 Å². The smallest absolute Gasteiger partial charge is 0.227 e. The minimum absolute atomic E-state index is 0.171. The highest BCUT2D eigenvalue weighted by Crippen LogP contribution is 2.24. The molecule has 98 valence electrons. The lowest BCUT2D eigenvalue weighted by Gasteiger charge is -2.21. The Balaban J connectivity index is 1.78. The molecule has 3 nitrogen and oxygen atoms in total. The van der Waals surface area contributed by atoms with E-state index in [0.29, 0.717) is 6.54 Å². The van der Waals surface area contributed by atoms with E-state index >= 15 is 0 Å². The van der Waals surface area contributed by atoms with Crippen molar-refractivity contribution < 1.29 is 4.79 Å². The second kappa shape index (κ2) is 5.85. The summed E-state index contributed by atoms with van der Waals surface area (Å²) < 4.78 is 1.08. The van der Waals surface area contributed by atoms with Crippen molar-refractivity contribution in [2.75, 3.05) is 19.6 Å². The Hall–Kier alpha value is -0.870. The van der Waals surface area contributed by atoms with Crippen LogP contribution >= 0.6 is 15.9 Å². The number of benzene rings is 1. The molecule has 1 fully saturated rings. The van der Waals surface area contributed by atoms with Crippen LogP contribution in [0, 0.1) is 5.41 Å². The molecule has 0 spiro atoms. The predicted molar refractivity (Wildman–Crippen MR) is 76.4 cm³/mol. The van der Waals surface area contributed by atoms with E-state index < -0.39 is 0 Å². The molecule has 1 saturated heterocycles. The van der Waals surface area contributed by atoms with Gasteiger partial charge in [0, 0.05) is 17.6 Å². The summed E-state index contributed by atoms with van der Waals surface area (Å²) in [5.74, 6) is 0.171. The van der Waals surface area contributed by atoms with Gasteiger partial charge in [0.1, 0.15) is 0 Å². The topological polar surface area (TPSA) is 41.1 Å². The lowest BCUT2D eigenvalue weighted by Crippen LogP contribution is -2.41.